The number of hydrogen-bond donors (Lipinski definition) is 3. The van der Waals surface area contributed by atoms with Crippen molar-refractivity contribution in [1.29, 1.82) is 0 Å². The van der Waals surface area contributed by atoms with Crippen LogP contribution in [-0.4, -0.2) is 30.7 Å². The Morgan fingerprint density at radius 3 is 2.68 bits per heavy atom. The van der Waals surface area contributed by atoms with Gasteiger partial charge in [-0.2, -0.15) is 0 Å². The van der Waals surface area contributed by atoms with Crippen LogP contribution in [0.4, 0.5) is 0 Å². The van der Waals surface area contributed by atoms with E-state index in [2.05, 4.69) is 33.1 Å². The maximum absolute atomic E-state index is 10.8. The van der Waals surface area contributed by atoms with E-state index in [1.54, 1.807) is 18.3 Å². The van der Waals surface area contributed by atoms with Gasteiger partial charge in [-0.1, -0.05) is 6.07 Å². The predicted octanol–water partition coefficient (Wildman–Crippen LogP) is 3.58. The number of aliphatic hydroxyl groups is 1. The zero-order valence-electron chi connectivity index (χ0n) is 15.3. The highest BCUT2D eigenvalue weighted by molar-refractivity contribution is 14.0. The zero-order chi connectivity index (χ0) is 17.6. The summed E-state index contributed by atoms with van der Waals surface area (Å²) in [4.78, 5) is 5.88. The lowest BCUT2D eigenvalue weighted by Crippen LogP contribution is -2.39. The van der Waals surface area contributed by atoms with E-state index in [1.807, 2.05) is 26.8 Å². The van der Waals surface area contributed by atoms with E-state index in [9.17, 15) is 5.11 Å². The highest BCUT2D eigenvalue weighted by Crippen LogP contribution is 2.27. The van der Waals surface area contributed by atoms with Crippen molar-refractivity contribution in [2.45, 2.75) is 39.7 Å². The Labute approximate surface area is 171 Å². The summed E-state index contributed by atoms with van der Waals surface area (Å²) in [5, 5.41) is 19.4. The molecule has 0 spiro atoms. The molecule has 2 rings (SSSR count). The van der Waals surface area contributed by atoms with Crippen molar-refractivity contribution in [2.75, 3.05) is 19.6 Å². The third kappa shape index (κ3) is 6.63. The van der Waals surface area contributed by atoms with Crippen molar-refractivity contribution in [1.82, 2.24) is 10.6 Å². The van der Waals surface area contributed by atoms with Crippen LogP contribution in [0.5, 0.6) is 0 Å². The van der Waals surface area contributed by atoms with Crippen LogP contribution in [0, 0.1) is 13.8 Å². The molecule has 2 aromatic rings. The Kier molecular flexibility index (Phi) is 8.95. The normalized spacial score (nSPS) is 13.9. The molecule has 0 radical (unpaired) electrons. The van der Waals surface area contributed by atoms with Crippen molar-refractivity contribution in [3.63, 3.8) is 0 Å². The third-order valence-electron chi connectivity index (χ3n) is 3.75. The van der Waals surface area contributed by atoms with Gasteiger partial charge in [0.25, 0.3) is 0 Å². The van der Waals surface area contributed by atoms with Crippen molar-refractivity contribution in [3.8, 4) is 0 Å². The predicted molar refractivity (Wildman–Crippen MR) is 115 cm³/mol. The molecule has 0 bridgehead atoms. The van der Waals surface area contributed by atoms with Crippen LogP contribution in [0.1, 0.15) is 35.8 Å². The molecule has 25 heavy (non-hydrogen) atoms. The fourth-order valence-corrected chi connectivity index (χ4v) is 3.29. The van der Waals surface area contributed by atoms with Crippen LogP contribution in [0.3, 0.4) is 0 Å². The molecule has 3 N–H and O–H groups in total. The average Bonchev–Trinajstić information content (AvgIpc) is 3.14. The number of aryl methyl sites for hydroxylation is 2. The van der Waals surface area contributed by atoms with Gasteiger partial charge in [-0.05, 0) is 51.6 Å². The molecular formula is C18H28IN3O2S. The summed E-state index contributed by atoms with van der Waals surface area (Å²) in [5.41, 5.74) is -0.268. The number of thiophene rings is 1. The topological polar surface area (TPSA) is 69.8 Å². The highest BCUT2D eigenvalue weighted by atomic mass is 127. The van der Waals surface area contributed by atoms with E-state index in [0.29, 0.717) is 5.96 Å². The fraction of sp³-hybridized carbons (Fsp3) is 0.500. The summed E-state index contributed by atoms with van der Waals surface area (Å²) in [5.74, 6) is 2.25. The number of rotatable bonds is 7. The standard InChI is InChI=1S/C18H27N3O2S.HI/c1-5-19-17(20-9-8-15-7-6-10-24-15)21-12-18(4,22)16-11-13(2)23-14(16)3;/h6-7,10-11,22H,5,8-9,12H2,1-4H3,(H2,19,20,21);1H. The van der Waals surface area contributed by atoms with Crippen molar-refractivity contribution >= 4 is 41.3 Å². The summed E-state index contributed by atoms with van der Waals surface area (Å²) in [6.07, 6.45) is 0.957. The van der Waals surface area contributed by atoms with E-state index in [1.165, 1.54) is 4.88 Å². The number of halogens is 1. The maximum Gasteiger partial charge on any atom is 0.191 e. The number of guanidine groups is 1. The minimum atomic E-state index is -1.06. The van der Waals surface area contributed by atoms with Crippen molar-refractivity contribution in [3.05, 3.63) is 45.5 Å². The molecule has 0 amide bonds. The molecule has 0 saturated heterocycles. The first-order chi connectivity index (χ1) is 11.4. The third-order valence-corrected chi connectivity index (χ3v) is 4.69. The smallest absolute Gasteiger partial charge is 0.191 e. The number of nitrogens with one attached hydrogen (secondary N) is 2. The van der Waals surface area contributed by atoms with E-state index < -0.39 is 5.60 Å². The van der Waals surface area contributed by atoms with Gasteiger partial charge in [0, 0.05) is 23.5 Å². The molecule has 1 atom stereocenters. The highest BCUT2D eigenvalue weighted by Gasteiger charge is 2.27. The Bertz CT molecular complexity index is 666. The zero-order valence-corrected chi connectivity index (χ0v) is 18.4. The minimum absolute atomic E-state index is 0. The lowest BCUT2D eigenvalue weighted by Gasteiger charge is -2.21. The largest absolute Gasteiger partial charge is 0.466 e. The van der Waals surface area contributed by atoms with Crippen LogP contribution >= 0.6 is 35.3 Å². The first-order valence-electron chi connectivity index (χ1n) is 8.27. The Balaban J connectivity index is 0.00000312. The molecule has 0 aromatic carbocycles. The molecule has 2 aromatic heterocycles. The molecule has 0 aliphatic carbocycles. The van der Waals surface area contributed by atoms with Gasteiger partial charge in [0.15, 0.2) is 5.96 Å². The molecule has 1 unspecified atom stereocenters. The number of furan rings is 1. The molecule has 0 saturated carbocycles. The molecular weight excluding hydrogens is 449 g/mol. The van der Waals surface area contributed by atoms with Gasteiger partial charge >= 0.3 is 0 Å². The first kappa shape index (κ1) is 22.0. The molecule has 5 nitrogen and oxygen atoms in total. The summed E-state index contributed by atoms with van der Waals surface area (Å²) in [6.45, 7) is 9.38. The number of aliphatic imine (C=N–C) groups is 1. The van der Waals surface area contributed by atoms with E-state index >= 15 is 0 Å². The molecule has 2 heterocycles. The van der Waals surface area contributed by atoms with Crippen LogP contribution in [-0.2, 0) is 12.0 Å². The maximum atomic E-state index is 10.8. The van der Waals surface area contributed by atoms with Crippen LogP contribution in [0.25, 0.3) is 0 Å². The summed E-state index contributed by atoms with van der Waals surface area (Å²) >= 11 is 1.76. The number of nitrogens with zero attached hydrogens (tertiary/aromatic N) is 1. The SMILES string of the molecule is CCNC(=NCC(C)(O)c1cc(C)oc1C)NCCc1cccs1.I. The van der Waals surface area contributed by atoms with Crippen LogP contribution in [0.2, 0.25) is 0 Å². The van der Waals surface area contributed by atoms with Crippen molar-refractivity contribution in [2.24, 2.45) is 4.99 Å². The number of hydrogen-bond acceptors (Lipinski definition) is 4. The molecule has 140 valence electrons. The van der Waals surface area contributed by atoms with Crippen LogP contribution < -0.4 is 10.6 Å². The fourth-order valence-electron chi connectivity index (χ4n) is 2.58. The van der Waals surface area contributed by atoms with Gasteiger partial charge in [-0.3, -0.25) is 0 Å². The lowest BCUT2D eigenvalue weighted by molar-refractivity contribution is 0.0657. The molecule has 0 fully saturated rings. The molecule has 7 heteroatoms. The van der Waals surface area contributed by atoms with E-state index in [4.69, 9.17) is 4.42 Å². The summed E-state index contributed by atoms with van der Waals surface area (Å²) < 4.78 is 5.52. The average molecular weight is 477 g/mol. The minimum Gasteiger partial charge on any atom is -0.466 e. The monoisotopic (exact) mass is 477 g/mol. The quantitative estimate of drug-likeness (QED) is 0.324. The Hall–Kier alpha value is -1.06. The molecule has 0 aliphatic rings. The second kappa shape index (κ2) is 10.2. The lowest BCUT2D eigenvalue weighted by atomic mass is 9.96. The van der Waals surface area contributed by atoms with Crippen molar-refractivity contribution < 1.29 is 9.52 Å². The second-order valence-corrected chi connectivity index (χ2v) is 7.08. The van der Waals surface area contributed by atoms with Gasteiger partial charge in [0.1, 0.15) is 17.1 Å². The van der Waals surface area contributed by atoms with Gasteiger partial charge < -0.3 is 20.2 Å². The van der Waals surface area contributed by atoms with Gasteiger partial charge in [-0.15, -0.1) is 35.3 Å². The summed E-state index contributed by atoms with van der Waals surface area (Å²) in [6, 6.07) is 6.07. The Morgan fingerprint density at radius 1 is 1.36 bits per heavy atom. The summed E-state index contributed by atoms with van der Waals surface area (Å²) in [7, 11) is 0. The second-order valence-electron chi connectivity index (χ2n) is 6.05. The van der Waals surface area contributed by atoms with E-state index in [0.717, 1.165) is 36.6 Å². The Morgan fingerprint density at radius 2 is 2.12 bits per heavy atom. The van der Waals surface area contributed by atoms with Gasteiger partial charge in [-0.25, -0.2) is 4.99 Å². The van der Waals surface area contributed by atoms with Gasteiger partial charge in [0.05, 0.1) is 6.54 Å². The van der Waals surface area contributed by atoms with Crippen LogP contribution in [0.15, 0.2) is 33.0 Å². The van der Waals surface area contributed by atoms with E-state index in [-0.39, 0.29) is 30.5 Å². The van der Waals surface area contributed by atoms with Gasteiger partial charge in [0.2, 0.25) is 0 Å². The first-order valence-corrected chi connectivity index (χ1v) is 9.15. The molecule has 0 aliphatic heterocycles.